The molecule has 0 aliphatic carbocycles. The molecule has 0 saturated carbocycles. The zero-order chi connectivity index (χ0) is 10.2. The number of hydrazine groups is 1. The van der Waals surface area contributed by atoms with Gasteiger partial charge in [-0.15, -0.1) is 4.40 Å². The van der Waals surface area contributed by atoms with E-state index in [2.05, 4.69) is 15.1 Å². The quantitative estimate of drug-likeness (QED) is 0.402. The third-order valence-electron chi connectivity index (χ3n) is 1.77. The Bertz CT molecular complexity index is 494. The topological polar surface area (TPSA) is 96.6 Å². The van der Waals surface area contributed by atoms with Crippen LogP contribution in [0.25, 0.3) is 0 Å². The van der Waals surface area contributed by atoms with Gasteiger partial charge in [-0.2, -0.15) is 8.42 Å². The van der Waals surface area contributed by atoms with Gasteiger partial charge in [0, 0.05) is 0 Å². The zero-order valence-corrected chi connectivity index (χ0v) is 7.88. The molecule has 14 heavy (non-hydrogen) atoms. The van der Waals surface area contributed by atoms with E-state index in [-0.39, 0.29) is 10.9 Å². The maximum atomic E-state index is 11.5. The lowest BCUT2D eigenvalue weighted by atomic mass is 10.3. The van der Waals surface area contributed by atoms with Crippen LogP contribution in [0.1, 0.15) is 0 Å². The highest BCUT2D eigenvalue weighted by atomic mass is 32.2. The second-order valence-corrected chi connectivity index (χ2v) is 4.25. The number of hydrogen-bond acceptors (Lipinski definition) is 5. The Morgan fingerprint density at radius 2 is 2.07 bits per heavy atom. The minimum atomic E-state index is -3.62. The molecule has 4 N–H and O–H groups in total. The summed E-state index contributed by atoms with van der Waals surface area (Å²) < 4.78 is 26.5. The van der Waals surface area contributed by atoms with Gasteiger partial charge in [0.2, 0.25) is 5.96 Å². The van der Waals surface area contributed by atoms with E-state index in [9.17, 15) is 8.42 Å². The van der Waals surface area contributed by atoms with Crippen LogP contribution in [-0.2, 0) is 10.0 Å². The van der Waals surface area contributed by atoms with Crippen LogP contribution in [0.5, 0.6) is 0 Å². The third kappa shape index (κ3) is 1.32. The number of hydrogen-bond donors (Lipinski definition) is 3. The summed E-state index contributed by atoms with van der Waals surface area (Å²) in [5.41, 5.74) is 2.63. The van der Waals surface area contributed by atoms with Crippen molar-refractivity contribution < 1.29 is 8.42 Å². The van der Waals surface area contributed by atoms with Crippen molar-refractivity contribution in [2.45, 2.75) is 4.90 Å². The molecule has 0 fully saturated rings. The van der Waals surface area contributed by atoms with Crippen LogP contribution >= 0.6 is 0 Å². The van der Waals surface area contributed by atoms with Gasteiger partial charge in [-0.3, -0.25) is 5.43 Å². The number of sulfonamides is 1. The molecule has 0 unspecified atom stereocenters. The summed E-state index contributed by atoms with van der Waals surface area (Å²) in [7, 11) is -3.62. The summed E-state index contributed by atoms with van der Waals surface area (Å²) in [6, 6.07) is 6.47. The molecule has 0 spiro atoms. The lowest BCUT2D eigenvalue weighted by molar-refractivity contribution is 0.597. The largest absolute Gasteiger partial charge is 0.323 e. The number of rotatable bonds is 0. The third-order valence-corrected chi connectivity index (χ3v) is 3.10. The summed E-state index contributed by atoms with van der Waals surface area (Å²) >= 11 is 0. The molecule has 0 amide bonds. The Labute approximate surface area is 80.9 Å². The maximum Gasteiger partial charge on any atom is 0.287 e. The Balaban J connectivity index is 2.63. The second-order valence-electron chi connectivity index (χ2n) is 2.68. The molecule has 0 bridgehead atoms. The van der Waals surface area contributed by atoms with Crippen molar-refractivity contribution in [2.24, 2.45) is 10.2 Å². The molecular formula is C7H8N4O2S. The Kier molecular flexibility index (Phi) is 1.90. The van der Waals surface area contributed by atoms with E-state index in [1.807, 2.05) is 0 Å². The first kappa shape index (κ1) is 8.97. The number of nitrogens with zero attached hydrogens (tertiary/aromatic N) is 1. The van der Waals surface area contributed by atoms with Gasteiger partial charge in [-0.25, -0.2) is 5.84 Å². The van der Waals surface area contributed by atoms with E-state index in [1.165, 1.54) is 6.07 Å². The number of guanidine groups is 1. The molecule has 1 aromatic carbocycles. The van der Waals surface area contributed by atoms with Crippen molar-refractivity contribution in [3.8, 4) is 0 Å². The number of nitrogens with two attached hydrogens (primary N) is 1. The van der Waals surface area contributed by atoms with Gasteiger partial charge in [0.25, 0.3) is 10.0 Å². The lowest BCUT2D eigenvalue weighted by Gasteiger charge is -2.16. The van der Waals surface area contributed by atoms with E-state index in [0.29, 0.717) is 5.69 Å². The molecule has 1 aromatic rings. The molecular weight excluding hydrogens is 204 g/mol. The van der Waals surface area contributed by atoms with Crippen LogP contribution < -0.4 is 16.6 Å². The van der Waals surface area contributed by atoms with Crippen molar-refractivity contribution in [1.82, 2.24) is 5.43 Å². The predicted octanol–water partition coefficient (Wildman–Crippen LogP) is -0.380. The van der Waals surface area contributed by atoms with Crippen molar-refractivity contribution in [3.05, 3.63) is 24.3 Å². The minimum absolute atomic E-state index is 0.0173. The van der Waals surface area contributed by atoms with Crippen LogP contribution in [-0.4, -0.2) is 14.4 Å². The van der Waals surface area contributed by atoms with E-state index in [1.54, 1.807) is 18.2 Å². The fourth-order valence-corrected chi connectivity index (χ4v) is 2.26. The average Bonchev–Trinajstić information content (AvgIpc) is 2.17. The molecule has 6 nitrogen and oxygen atoms in total. The highest BCUT2D eigenvalue weighted by Gasteiger charge is 2.23. The van der Waals surface area contributed by atoms with Gasteiger partial charge in [0.05, 0.1) is 5.69 Å². The van der Waals surface area contributed by atoms with Crippen LogP contribution in [0.2, 0.25) is 0 Å². The summed E-state index contributed by atoms with van der Waals surface area (Å²) in [4.78, 5) is 0.152. The van der Waals surface area contributed by atoms with Crippen molar-refractivity contribution in [1.29, 1.82) is 0 Å². The highest BCUT2D eigenvalue weighted by molar-refractivity contribution is 7.90. The van der Waals surface area contributed by atoms with Crippen LogP contribution in [0.15, 0.2) is 33.6 Å². The van der Waals surface area contributed by atoms with Gasteiger partial charge in [-0.05, 0) is 12.1 Å². The molecule has 0 aromatic heterocycles. The molecule has 1 aliphatic heterocycles. The zero-order valence-electron chi connectivity index (χ0n) is 7.06. The van der Waals surface area contributed by atoms with E-state index < -0.39 is 10.0 Å². The van der Waals surface area contributed by atoms with Crippen LogP contribution in [0.4, 0.5) is 5.69 Å². The molecule has 2 rings (SSSR count). The van der Waals surface area contributed by atoms with Crippen molar-refractivity contribution in [3.63, 3.8) is 0 Å². The Morgan fingerprint density at radius 3 is 2.79 bits per heavy atom. The number of fused-ring (bicyclic) bond motifs is 1. The minimum Gasteiger partial charge on any atom is -0.323 e. The highest BCUT2D eigenvalue weighted by Crippen LogP contribution is 2.25. The summed E-state index contributed by atoms with van der Waals surface area (Å²) in [6.45, 7) is 0. The first-order valence-corrected chi connectivity index (χ1v) is 5.25. The summed E-state index contributed by atoms with van der Waals surface area (Å²) in [6.07, 6.45) is 0. The van der Waals surface area contributed by atoms with Gasteiger partial charge >= 0.3 is 0 Å². The number of nitrogens with one attached hydrogen (secondary N) is 2. The van der Waals surface area contributed by atoms with E-state index in [0.717, 1.165) is 0 Å². The predicted molar refractivity (Wildman–Crippen MR) is 52.0 cm³/mol. The lowest BCUT2D eigenvalue weighted by Crippen LogP contribution is -2.39. The summed E-state index contributed by atoms with van der Waals surface area (Å²) in [5.74, 6) is 5.09. The Morgan fingerprint density at radius 1 is 1.36 bits per heavy atom. The summed E-state index contributed by atoms with van der Waals surface area (Å²) in [5, 5.41) is 2.74. The molecule has 0 radical (unpaired) electrons. The molecule has 0 saturated heterocycles. The van der Waals surface area contributed by atoms with Crippen LogP contribution in [0.3, 0.4) is 0 Å². The maximum absolute atomic E-state index is 11.5. The van der Waals surface area contributed by atoms with Gasteiger partial charge in [0.1, 0.15) is 4.90 Å². The normalized spacial score (nSPS) is 17.6. The standard InChI is InChI=1S/C7H8N4O2S/c8-10-7-9-5-3-1-2-4-6(5)14(12,13)11-7/h1-4H,8H2,(H2,9,10,11). The molecule has 7 heteroatoms. The molecule has 1 aliphatic rings. The SMILES string of the molecule is NNC1=NS(=O)(=O)c2ccccc2N1. The molecule has 0 atom stereocenters. The van der Waals surface area contributed by atoms with Gasteiger partial charge in [0.15, 0.2) is 0 Å². The van der Waals surface area contributed by atoms with Crippen LogP contribution in [0, 0.1) is 0 Å². The van der Waals surface area contributed by atoms with E-state index in [4.69, 9.17) is 5.84 Å². The van der Waals surface area contributed by atoms with E-state index >= 15 is 0 Å². The number of benzene rings is 1. The average molecular weight is 212 g/mol. The second kappa shape index (κ2) is 2.96. The smallest absolute Gasteiger partial charge is 0.287 e. The molecule has 74 valence electrons. The van der Waals surface area contributed by atoms with Gasteiger partial charge < -0.3 is 5.32 Å². The van der Waals surface area contributed by atoms with Gasteiger partial charge in [-0.1, -0.05) is 12.1 Å². The molecule has 1 heterocycles. The fraction of sp³-hybridized carbons (Fsp3) is 0. The monoisotopic (exact) mass is 212 g/mol. The number of anilines is 1. The first-order chi connectivity index (χ1) is 6.63. The number of para-hydroxylation sites is 1. The fourth-order valence-electron chi connectivity index (χ4n) is 1.18. The van der Waals surface area contributed by atoms with Crippen molar-refractivity contribution in [2.75, 3.05) is 5.32 Å². The van der Waals surface area contributed by atoms with Crippen molar-refractivity contribution >= 4 is 21.7 Å². The first-order valence-electron chi connectivity index (χ1n) is 3.81. The Hall–Kier alpha value is -1.60.